The molecule has 3 N–H and O–H groups in total. The number of nitriles is 1. The van der Waals surface area contributed by atoms with Crippen LogP contribution in [0, 0.1) is 24.1 Å². The minimum atomic E-state index is -0.464. The first kappa shape index (κ1) is 20.6. The van der Waals surface area contributed by atoms with E-state index < -0.39 is 5.82 Å². The van der Waals surface area contributed by atoms with E-state index in [1.807, 2.05) is 31.2 Å². The molecule has 0 spiro atoms. The molecule has 31 heavy (non-hydrogen) atoms. The van der Waals surface area contributed by atoms with Gasteiger partial charge in [-0.05, 0) is 43.0 Å². The van der Waals surface area contributed by atoms with Crippen molar-refractivity contribution in [1.29, 1.82) is 5.26 Å². The van der Waals surface area contributed by atoms with E-state index in [0.717, 1.165) is 42.4 Å². The number of hydrogen-bond acceptors (Lipinski definition) is 4. The number of aryl methyl sites for hydroxylation is 1. The second-order valence-corrected chi connectivity index (χ2v) is 8.01. The van der Waals surface area contributed by atoms with Crippen LogP contribution >= 0.6 is 0 Å². The van der Waals surface area contributed by atoms with Gasteiger partial charge in [-0.1, -0.05) is 43.2 Å². The largest absolute Gasteiger partial charge is 0.383 e. The van der Waals surface area contributed by atoms with Crippen molar-refractivity contribution in [3.05, 3.63) is 65.0 Å². The normalized spacial score (nSPS) is 13.8. The average Bonchev–Trinajstić information content (AvgIpc) is 3.39. The van der Waals surface area contributed by atoms with Crippen molar-refractivity contribution in [3.63, 3.8) is 0 Å². The van der Waals surface area contributed by atoms with Gasteiger partial charge in [-0.25, -0.2) is 9.07 Å². The van der Waals surface area contributed by atoms with E-state index in [0.29, 0.717) is 17.1 Å². The van der Waals surface area contributed by atoms with Crippen molar-refractivity contribution in [2.75, 3.05) is 11.1 Å². The quantitative estimate of drug-likeness (QED) is 0.626. The van der Waals surface area contributed by atoms with Crippen LogP contribution in [-0.2, 0) is 11.2 Å². The Morgan fingerprint density at radius 3 is 2.65 bits per heavy atom. The first-order valence-corrected chi connectivity index (χ1v) is 10.4. The summed E-state index contributed by atoms with van der Waals surface area (Å²) in [6.45, 7) is 1.84. The number of anilines is 2. The van der Waals surface area contributed by atoms with E-state index in [9.17, 15) is 14.4 Å². The lowest BCUT2D eigenvalue weighted by atomic mass is 10.0. The first-order chi connectivity index (χ1) is 15.0. The summed E-state index contributed by atoms with van der Waals surface area (Å²) in [5.74, 6) is -0.355. The molecule has 1 heterocycles. The van der Waals surface area contributed by atoms with Gasteiger partial charge in [0.25, 0.3) is 0 Å². The van der Waals surface area contributed by atoms with Crippen LogP contribution in [0.25, 0.3) is 11.3 Å². The van der Waals surface area contributed by atoms with Gasteiger partial charge >= 0.3 is 0 Å². The molecular weight excluding hydrogens is 393 g/mol. The lowest BCUT2D eigenvalue weighted by Gasteiger charge is -2.11. The fourth-order valence-electron chi connectivity index (χ4n) is 4.08. The molecule has 1 aromatic heterocycles. The second-order valence-electron chi connectivity index (χ2n) is 8.01. The Hall–Kier alpha value is -3.66. The van der Waals surface area contributed by atoms with E-state index in [4.69, 9.17) is 5.73 Å². The molecule has 1 aliphatic carbocycles. The van der Waals surface area contributed by atoms with Crippen molar-refractivity contribution in [2.24, 2.45) is 0 Å². The van der Waals surface area contributed by atoms with Crippen molar-refractivity contribution in [3.8, 4) is 17.3 Å². The standard InChI is InChI=1S/C24H24FN5O/c1-15-6-11-20(25)21(12-15)28-22(31)13-16-7-9-17(10-8-16)23-19(14-26)24(27)30(29-23)18-4-2-3-5-18/h6-12,18H,2-5,13,27H2,1H3,(H,28,31). The topological polar surface area (TPSA) is 96.7 Å². The van der Waals surface area contributed by atoms with Crippen LogP contribution < -0.4 is 11.1 Å². The lowest BCUT2D eigenvalue weighted by Crippen LogP contribution is -2.15. The third-order valence-corrected chi connectivity index (χ3v) is 5.72. The van der Waals surface area contributed by atoms with Gasteiger partial charge in [0.15, 0.2) is 0 Å². The second kappa shape index (κ2) is 8.60. The van der Waals surface area contributed by atoms with Crippen molar-refractivity contribution < 1.29 is 9.18 Å². The van der Waals surface area contributed by atoms with Crippen LogP contribution in [0.3, 0.4) is 0 Å². The Morgan fingerprint density at radius 2 is 1.97 bits per heavy atom. The number of carbonyl (C=O) groups is 1. The SMILES string of the molecule is Cc1ccc(F)c(NC(=O)Cc2ccc(-c3nn(C4CCCC4)c(N)c3C#N)cc2)c1. The molecular formula is C24H24FN5O. The Balaban J connectivity index is 1.51. The Labute approximate surface area is 180 Å². The summed E-state index contributed by atoms with van der Waals surface area (Å²) in [7, 11) is 0. The molecule has 1 amide bonds. The zero-order valence-electron chi connectivity index (χ0n) is 17.4. The average molecular weight is 417 g/mol. The van der Waals surface area contributed by atoms with E-state index in [1.165, 1.54) is 6.07 Å². The van der Waals surface area contributed by atoms with Crippen LogP contribution in [0.2, 0.25) is 0 Å². The number of amides is 1. The maximum Gasteiger partial charge on any atom is 0.228 e. The van der Waals surface area contributed by atoms with Crippen LogP contribution in [0.15, 0.2) is 42.5 Å². The molecule has 1 aliphatic rings. The van der Waals surface area contributed by atoms with Gasteiger partial charge in [-0.15, -0.1) is 0 Å². The highest BCUT2D eigenvalue weighted by Crippen LogP contribution is 2.35. The number of nitrogens with zero attached hydrogens (tertiary/aromatic N) is 3. The van der Waals surface area contributed by atoms with E-state index >= 15 is 0 Å². The van der Waals surface area contributed by atoms with Crippen molar-refractivity contribution in [1.82, 2.24) is 9.78 Å². The summed E-state index contributed by atoms with van der Waals surface area (Å²) in [6, 6.07) is 14.3. The number of carbonyl (C=O) groups excluding carboxylic acids is 1. The minimum Gasteiger partial charge on any atom is -0.383 e. The van der Waals surface area contributed by atoms with E-state index in [1.54, 1.807) is 16.8 Å². The number of benzene rings is 2. The third-order valence-electron chi connectivity index (χ3n) is 5.72. The number of nitrogens with one attached hydrogen (secondary N) is 1. The molecule has 4 rings (SSSR count). The summed E-state index contributed by atoms with van der Waals surface area (Å²) in [4.78, 5) is 12.3. The smallest absolute Gasteiger partial charge is 0.228 e. The predicted molar refractivity (Wildman–Crippen MR) is 118 cm³/mol. The van der Waals surface area contributed by atoms with Crippen LogP contribution in [0.5, 0.6) is 0 Å². The van der Waals surface area contributed by atoms with Gasteiger partial charge in [0, 0.05) is 5.56 Å². The summed E-state index contributed by atoms with van der Waals surface area (Å²) >= 11 is 0. The summed E-state index contributed by atoms with van der Waals surface area (Å²) < 4.78 is 15.7. The highest BCUT2D eigenvalue weighted by Gasteiger charge is 2.24. The molecule has 0 aliphatic heterocycles. The Bertz CT molecular complexity index is 1150. The van der Waals surface area contributed by atoms with Gasteiger partial charge < -0.3 is 11.1 Å². The Morgan fingerprint density at radius 1 is 1.26 bits per heavy atom. The van der Waals surface area contributed by atoms with E-state index in [2.05, 4.69) is 16.5 Å². The number of halogens is 1. The number of nitrogens with two attached hydrogens (primary N) is 1. The summed E-state index contributed by atoms with van der Waals surface area (Å²) in [5, 5.41) is 16.9. The molecule has 2 aromatic carbocycles. The molecule has 0 bridgehead atoms. The molecule has 1 fully saturated rings. The molecule has 1 saturated carbocycles. The molecule has 7 heteroatoms. The number of hydrogen-bond donors (Lipinski definition) is 2. The highest BCUT2D eigenvalue weighted by atomic mass is 19.1. The molecule has 0 radical (unpaired) electrons. The van der Waals surface area contributed by atoms with Gasteiger partial charge in [0.1, 0.15) is 29.0 Å². The maximum atomic E-state index is 13.9. The van der Waals surface area contributed by atoms with Gasteiger partial charge in [-0.3, -0.25) is 4.79 Å². The fourth-order valence-corrected chi connectivity index (χ4v) is 4.08. The third kappa shape index (κ3) is 4.29. The van der Waals surface area contributed by atoms with Crippen LogP contribution in [0.4, 0.5) is 15.9 Å². The zero-order chi connectivity index (χ0) is 22.0. The maximum absolute atomic E-state index is 13.9. The van der Waals surface area contributed by atoms with Crippen LogP contribution in [0.1, 0.15) is 48.4 Å². The summed E-state index contributed by atoms with van der Waals surface area (Å²) in [6.07, 6.45) is 4.43. The number of aromatic nitrogens is 2. The van der Waals surface area contributed by atoms with Gasteiger partial charge in [0.05, 0.1) is 18.2 Å². The van der Waals surface area contributed by atoms with Crippen molar-refractivity contribution >= 4 is 17.4 Å². The molecule has 158 valence electrons. The first-order valence-electron chi connectivity index (χ1n) is 10.4. The molecule has 6 nitrogen and oxygen atoms in total. The Kier molecular flexibility index (Phi) is 5.72. The van der Waals surface area contributed by atoms with Gasteiger partial charge in [0.2, 0.25) is 5.91 Å². The zero-order valence-corrected chi connectivity index (χ0v) is 17.4. The molecule has 0 unspecified atom stereocenters. The highest BCUT2D eigenvalue weighted by molar-refractivity contribution is 5.92. The predicted octanol–water partition coefficient (Wildman–Crippen LogP) is 4.75. The fraction of sp³-hybridized carbons (Fsp3) is 0.292. The van der Waals surface area contributed by atoms with Gasteiger partial charge in [-0.2, -0.15) is 10.4 Å². The summed E-state index contributed by atoms with van der Waals surface area (Å²) in [5.41, 5.74) is 9.75. The monoisotopic (exact) mass is 417 g/mol. The molecule has 0 saturated heterocycles. The molecule has 3 aromatic rings. The van der Waals surface area contributed by atoms with E-state index in [-0.39, 0.29) is 24.1 Å². The minimum absolute atomic E-state index is 0.109. The molecule has 0 atom stereocenters. The number of nitrogen functional groups attached to an aromatic ring is 1. The van der Waals surface area contributed by atoms with Crippen molar-refractivity contribution in [2.45, 2.75) is 45.1 Å². The number of rotatable bonds is 5. The lowest BCUT2D eigenvalue weighted by molar-refractivity contribution is -0.115. The van der Waals surface area contributed by atoms with Crippen LogP contribution in [-0.4, -0.2) is 15.7 Å².